The van der Waals surface area contributed by atoms with Gasteiger partial charge < -0.3 is 5.11 Å². The molecule has 1 unspecified atom stereocenters. The first-order chi connectivity index (χ1) is 8.68. The molecule has 0 saturated carbocycles. The molecular formula is C16H22O3. The predicted octanol–water partition coefficient (Wildman–Crippen LogP) is 3.59. The zero-order chi connectivity index (χ0) is 14.8. The summed E-state index contributed by atoms with van der Waals surface area (Å²) in [5.74, 6) is -2.29. The zero-order valence-corrected chi connectivity index (χ0v) is 12.3. The van der Waals surface area contributed by atoms with Crippen molar-refractivity contribution < 1.29 is 14.7 Å². The summed E-state index contributed by atoms with van der Waals surface area (Å²) < 4.78 is 0. The summed E-state index contributed by atoms with van der Waals surface area (Å²) in [4.78, 5) is 23.3. The molecule has 104 valence electrons. The van der Waals surface area contributed by atoms with Gasteiger partial charge in [0, 0.05) is 5.56 Å². The molecule has 3 nitrogen and oxygen atoms in total. The molecule has 1 aromatic rings. The topological polar surface area (TPSA) is 54.4 Å². The minimum atomic E-state index is -1.05. The number of carboxylic acids is 1. The monoisotopic (exact) mass is 262 g/mol. The van der Waals surface area contributed by atoms with Gasteiger partial charge in [-0.25, -0.2) is 0 Å². The van der Waals surface area contributed by atoms with Gasteiger partial charge in [-0.1, -0.05) is 45.9 Å². The highest BCUT2D eigenvalue weighted by Gasteiger charge is 2.27. The van der Waals surface area contributed by atoms with Crippen LogP contribution in [-0.2, 0) is 10.2 Å². The van der Waals surface area contributed by atoms with Crippen LogP contribution in [-0.4, -0.2) is 16.9 Å². The number of benzene rings is 1. The van der Waals surface area contributed by atoms with Crippen molar-refractivity contribution in [1.82, 2.24) is 0 Å². The Hall–Kier alpha value is -1.64. The first-order valence-electron chi connectivity index (χ1n) is 6.56. The molecule has 0 aliphatic rings. The largest absolute Gasteiger partial charge is 0.481 e. The summed E-state index contributed by atoms with van der Waals surface area (Å²) >= 11 is 0. The number of carboxylic acid groups (broad SMARTS) is 1. The van der Waals surface area contributed by atoms with E-state index in [1.807, 2.05) is 19.1 Å². The predicted molar refractivity (Wildman–Crippen MR) is 75.6 cm³/mol. The molecule has 0 saturated heterocycles. The third-order valence-corrected chi connectivity index (χ3v) is 3.38. The smallest absolute Gasteiger partial charge is 0.314 e. The average Bonchev–Trinajstić information content (AvgIpc) is 2.27. The number of carbonyl (C=O) groups excluding carboxylic acids is 1. The maximum absolute atomic E-state index is 12.2. The molecule has 0 aliphatic carbocycles. The van der Waals surface area contributed by atoms with E-state index in [1.165, 1.54) is 0 Å². The molecule has 0 spiro atoms. The van der Waals surface area contributed by atoms with E-state index in [2.05, 4.69) is 20.8 Å². The van der Waals surface area contributed by atoms with E-state index in [9.17, 15) is 9.59 Å². The highest BCUT2D eigenvalue weighted by molar-refractivity contribution is 6.08. The SMILES string of the molecule is CCC(C(=O)O)C(=O)c1ccc(C(C)(C)C)cc1C. The number of aryl methyl sites for hydroxylation is 1. The Balaban J connectivity index is 3.16. The minimum Gasteiger partial charge on any atom is -0.481 e. The number of aliphatic carboxylic acids is 1. The first-order valence-corrected chi connectivity index (χ1v) is 6.56. The maximum Gasteiger partial charge on any atom is 0.314 e. The van der Waals surface area contributed by atoms with Crippen molar-refractivity contribution >= 4 is 11.8 Å². The average molecular weight is 262 g/mol. The van der Waals surface area contributed by atoms with Crippen LogP contribution in [0.2, 0.25) is 0 Å². The first kappa shape index (κ1) is 15.4. The van der Waals surface area contributed by atoms with E-state index >= 15 is 0 Å². The summed E-state index contributed by atoms with van der Waals surface area (Å²) in [7, 11) is 0. The molecule has 1 atom stereocenters. The van der Waals surface area contributed by atoms with Crippen LogP contribution in [0.5, 0.6) is 0 Å². The molecule has 0 bridgehead atoms. The lowest BCUT2D eigenvalue weighted by Crippen LogP contribution is -2.24. The van der Waals surface area contributed by atoms with E-state index in [-0.39, 0.29) is 11.2 Å². The molecule has 3 heteroatoms. The van der Waals surface area contributed by atoms with Crippen LogP contribution >= 0.6 is 0 Å². The van der Waals surface area contributed by atoms with Crippen LogP contribution in [0.15, 0.2) is 18.2 Å². The van der Waals surface area contributed by atoms with Gasteiger partial charge in [0.15, 0.2) is 5.78 Å². The molecule has 19 heavy (non-hydrogen) atoms. The van der Waals surface area contributed by atoms with E-state index in [0.29, 0.717) is 12.0 Å². The Labute approximate surface area is 114 Å². The lowest BCUT2D eigenvalue weighted by atomic mass is 9.84. The Morgan fingerprint density at radius 2 is 1.84 bits per heavy atom. The summed E-state index contributed by atoms with van der Waals surface area (Å²) in [6, 6.07) is 5.64. The number of carbonyl (C=O) groups is 2. The molecule has 0 aliphatic heterocycles. The van der Waals surface area contributed by atoms with Gasteiger partial charge in [0.25, 0.3) is 0 Å². The molecule has 0 amide bonds. The van der Waals surface area contributed by atoms with Crippen LogP contribution in [0.3, 0.4) is 0 Å². The van der Waals surface area contributed by atoms with Crippen molar-refractivity contribution in [2.24, 2.45) is 5.92 Å². The van der Waals surface area contributed by atoms with E-state index in [0.717, 1.165) is 11.1 Å². The number of Topliss-reactive ketones (excluding diaryl/α,β-unsaturated/α-hetero) is 1. The Morgan fingerprint density at radius 3 is 2.21 bits per heavy atom. The van der Waals surface area contributed by atoms with Crippen molar-refractivity contribution in [3.63, 3.8) is 0 Å². The lowest BCUT2D eigenvalue weighted by molar-refractivity contribution is -0.140. The van der Waals surface area contributed by atoms with Crippen LogP contribution in [0.25, 0.3) is 0 Å². The van der Waals surface area contributed by atoms with Crippen LogP contribution in [0.4, 0.5) is 0 Å². The van der Waals surface area contributed by atoms with Gasteiger partial charge >= 0.3 is 5.97 Å². The fourth-order valence-corrected chi connectivity index (χ4v) is 2.07. The second-order valence-electron chi connectivity index (χ2n) is 5.94. The molecule has 1 rings (SSSR count). The van der Waals surface area contributed by atoms with E-state index in [1.54, 1.807) is 13.0 Å². The van der Waals surface area contributed by atoms with E-state index in [4.69, 9.17) is 5.11 Å². The zero-order valence-electron chi connectivity index (χ0n) is 12.3. The molecule has 0 fully saturated rings. The summed E-state index contributed by atoms with van der Waals surface area (Å²) in [6.45, 7) is 9.90. The standard InChI is InChI=1S/C16H22O3/c1-6-12(15(18)19)14(17)13-8-7-11(9-10(13)2)16(3,4)5/h7-9,12H,6H2,1-5H3,(H,18,19). The van der Waals surface area contributed by atoms with Crippen molar-refractivity contribution in [1.29, 1.82) is 0 Å². The highest BCUT2D eigenvalue weighted by atomic mass is 16.4. The van der Waals surface area contributed by atoms with Crippen molar-refractivity contribution in [3.05, 3.63) is 34.9 Å². The van der Waals surface area contributed by atoms with Crippen molar-refractivity contribution in [3.8, 4) is 0 Å². The van der Waals surface area contributed by atoms with Crippen molar-refractivity contribution in [2.45, 2.75) is 46.5 Å². The molecule has 0 heterocycles. The molecule has 0 radical (unpaired) electrons. The molecular weight excluding hydrogens is 240 g/mol. The Bertz CT molecular complexity index is 495. The Morgan fingerprint density at radius 1 is 1.26 bits per heavy atom. The van der Waals surface area contributed by atoms with Gasteiger partial charge in [-0.3, -0.25) is 9.59 Å². The van der Waals surface area contributed by atoms with Gasteiger partial charge in [0.2, 0.25) is 0 Å². The maximum atomic E-state index is 12.2. The molecule has 1 N–H and O–H groups in total. The summed E-state index contributed by atoms with van der Waals surface area (Å²) in [5.41, 5.74) is 2.52. The highest BCUT2D eigenvalue weighted by Crippen LogP contribution is 2.25. The van der Waals surface area contributed by atoms with Gasteiger partial charge in [0.05, 0.1) is 0 Å². The second kappa shape index (κ2) is 5.55. The van der Waals surface area contributed by atoms with Gasteiger partial charge in [-0.2, -0.15) is 0 Å². The summed E-state index contributed by atoms with van der Waals surface area (Å²) in [6.07, 6.45) is 0.314. The quantitative estimate of drug-likeness (QED) is 0.666. The number of hydrogen-bond donors (Lipinski definition) is 1. The van der Waals surface area contributed by atoms with Gasteiger partial charge in [-0.15, -0.1) is 0 Å². The molecule has 0 aromatic heterocycles. The second-order valence-corrected chi connectivity index (χ2v) is 5.94. The lowest BCUT2D eigenvalue weighted by Gasteiger charge is -2.21. The van der Waals surface area contributed by atoms with Crippen LogP contribution in [0.1, 0.15) is 55.6 Å². The van der Waals surface area contributed by atoms with Gasteiger partial charge in [-0.05, 0) is 29.9 Å². The summed E-state index contributed by atoms with van der Waals surface area (Å²) in [5, 5.41) is 9.06. The molecule has 1 aromatic carbocycles. The van der Waals surface area contributed by atoms with Crippen LogP contribution < -0.4 is 0 Å². The number of ketones is 1. The third kappa shape index (κ3) is 3.43. The van der Waals surface area contributed by atoms with E-state index < -0.39 is 11.9 Å². The number of hydrogen-bond acceptors (Lipinski definition) is 2. The fourth-order valence-electron chi connectivity index (χ4n) is 2.07. The van der Waals surface area contributed by atoms with Crippen molar-refractivity contribution in [2.75, 3.05) is 0 Å². The Kier molecular flexibility index (Phi) is 4.51. The third-order valence-electron chi connectivity index (χ3n) is 3.38. The normalized spacial score (nSPS) is 13.1. The van der Waals surface area contributed by atoms with Gasteiger partial charge in [0.1, 0.15) is 5.92 Å². The minimum absolute atomic E-state index is 0.0172. The van der Waals surface area contributed by atoms with Crippen LogP contribution in [0, 0.1) is 12.8 Å². The number of rotatable bonds is 4. The fraction of sp³-hybridized carbons (Fsp3) is 0.500.